The van der Waals surface area contributed by atoms with E-state index in [1.165, 1.54) is 0 Å². The van der Waals surface area contributed by atoms with E-state index in [-0.39, 0.29) is 11.5 Å². The Morgan fingerprint density at radius 1 is 1.28 bits per heavy atom. The average molecular weight is 262 g/mol. The Morgan fingerprint density at radius 3 is 2.39 bits per heavy atom. The normalized spacial score (nSPS) is 12.9. The van der Waals surface area contributed by atoms with Crippen molar-refractivity contribution >= 4 is 5.95 Å². The van der Waals surface area contributed by atoms with Crippen molar-refractivity contribution in [3.63, 3.8) is 0 Å². The van der Waals surface area contributed by atoms with Crippen molar-refractivity contribution in [2.45, 2.75) is 25.6 Å². The molecule has 1 aromatic heterocycles. The van der Waals surface area contributed by atoms with E-state index in [9.17, 15) is 13.2 Å². The summed E-state index contributed by atoms with van der Waals surface area (Å²) in [6.45, 7) is 4.38. The quantitative estimate of drug-likeness (QED) is 0.903. The summed E-state index contributed by atoms with van der Waals surface area (Å²) >= 11 is 0. The van der Waals surface area contributed by atoms with Gasteiger partial charge in [-0.1, -0.05) is 0 Å². The predicted octanol–water partition coefficient (Wildman–Crippen LogP) is 2.25. The summed E-state index contributed by atoms with van der Waals surface area (Å²) in [5.41, 5.74) is -1.15. The molecule has 0 amide bonds. The lowest BCUT2D eigenvalue weighted by Gasteiger charge is -2.32. The molecule has 0 bridgehead atoms. The lowest BCUT2D eigenvalue weighted by Crippen LogP contribution is -2.44. The Balaban J connectivity index is 2.75. The van der Waals surface area contributed by atoms with E-state index >= 15 is 0 Å². The van der Waals surface area contributed by atoms with Gasteiger partial charge in [-0.3, -0.25) is 0 Å². The predicted molar refractivity (Wildman–Crippen MR) is 63.3 cm³/mol. The van der Waals surface area contributed by atoms with E-state index in [0.29, 0.717) is 6.54 Å². The fourth-order valence-corrected chi connectivity index (χ4v) is 1.06. The van der Waals surface area contributed by atoms with E-state index < -0.39 is 11.9 Å². The number of likely N-dealkylation sites (N-methyl/N-ethyl adjacent to an activating group) is 1. The molecule has 0 aliphatic rings. The molecule has 0 atom stereocenters. The molecule has 18 heavy (non-hydrogen) atoms. The number of hydrogen-bond donors (Lipinski definition) is 1. The minimum absolute atomic E-state index is 0.0141. The third-order valence-corrected chi connectivity index (χ3v) is 2.84. The zero-order valence-corrected chi connectivity index (χ0v) is 10.8. The molecule has 0 aliphatic heterocycles. The summed E-state index contributed by atoms with van der Waals surface area (Å²) in [6, 6.07) is 0.849. The van der Waals surface area contributed by atoms with Gasteiger partial charge in [-0.05, 0) is 34.0 Å². The van der Waals surface area contributed by atoms with E-state index in [0.717, 1.165) is 12.3 Å². The van der Waals surface area contributed by atoms with Crippen LogP contribution in [-0.2, 0) is 6.18 Å². The Bertz CT molecular complexity index is 402. The molecular formula is C11H17F3N4. The minimum atomic E-state index is -4.45. The average Bonchev–Trinajstić information content (AvgIpc) is 2.25. The molecule has 7 heteroatoms. The van der Waals surface area contributed by atoms with Crippen molar-refractivity contribution < 1.29 is 13.2 Å². The van der Waals surface area contributed by atoms with Crippen LogP contribution in [0.1, 0.15) is 19.5 Å². The molecule has 4 nitrogen and oxygen atoms in total. The van der Waals surface area contributed by atoms with Gasteiger partial charge in [0.25, 0.3) is 0 Å². The Morgan fingerprint density at radius 2 is 1.89 bits per heavy atom. The maximum Gasteiger partial charge on any atom is 0.433 e. The summed E-state index contributed by atoms with van der Waals surface area (Å²) in [7, 11) is 3.79. The van der Waals surface area contributed by atoms with Gasteiger partial charge in [0.05, 0.1) is 0 Å². The lowest BCUT2D eigenvalue weighted by atomic mass is 10.1. The van der Waals surface area contributed by atoms with Crippen LogP contribution in [0.15, 0.2) is 12.3 Å². The van der Waals surface area contributed by atoms with Crippen molar-refractivity contribution in [1.82, 2.24) is 14.9 Å². The molecule has 102 valence electrons. The second-order valence-corrected chi connectivity index (χ2v) is 4.82. The van der Waals surface area contributed by atoms with Gasteiger partial charge in [0.15, 0.2) is 0 Å². The Kier molecular flexibility index (Phi) is 4.16. The zero-order chi connectivity index (χ0) is 14.0. The molecule has 0 radical (unpaired) electrons. The van der Waals surface area contributed by atoms with Gasteiger partial charge in [-0.2, -0.15) is 13.2 Å². The highest BCUT2D eigenvalue weighted by Crippen LogP contribution is 2.27. The standard InChI is InChI=1S/C11H17F3N4/c1-10(2,18(3)4)7-16-9-15-6-5-8(17-9)11(12,13)14/h5-6H,7H2,1-4H3,(H,15,16,17). The van der Waals surface area contributed by atoms with Gasteiger partial charge in [0.1, 0.15) is 5.69 Å². The fraction of sp³-hybridized carbons (Fsp3) is 0.636. The maximum atomic E-state index is 12.4. The SMILES string of the molecule is CN(C)C(C)(C)CNc1nccc(C(F)(F)F)n1. The molecule has 0 spiro atoms. The van der Waals surface area contributed by atoms with Crippen LogP contribution in [0.3, 0.4) is 0 Å². The smallest absolute Gasteiger partial charge is 0.352 e. The number of alkyl halides is 3. The van der Waals surface area contributed by atoms with E-state index in [1.807, 2.05) is 32.8 Å². The summed E-state index contributed by atoms with van der Waals surface area (Å²) < 4.78 is 37.3. The van der Waals surface area contributed by atoms with Crippen molar-refractivity contribution in [3.05, 3.63) is 18.0 Å². The first-order valence-electron chi connectivity index (χ1n) is 5.44. The van der Waals surface area contributed by atoms with Crippen molar-refractivity contribution in [2.75, 3.05) is 26.0 Å². The van der Waals surface area contributed by atoms with Crippen molar-refractivity contribution in [1.29, 1.82) is 0 Å². The van der Waals surface area contributed by atoms with Gasteiger partial charge in [0.2, 0.25) is 5.95 Å². The first kappa shape index (κ1) is 14.7. The summed E-state index contributed by atoms with van der Waals surface area (Å²) in [6.07, 6.45) is -3.35. The number of halogens is 3. The number of anilines is 1. The molecule has 1 N–H and O–H groups in total. The Labute approximate surface area is 104 Å². The highest BCUT2D eigenvalue weighted by atomic mass is 19.4. The molecule has 1 aromatic rings. The highest BCUT2D eigenvalue weighted by Gasteiger charge is 2.32. The minimum Gasteiger partial charge on any atom is -0.352 e. The fourth-order valence-electron chi connectivity index (χ4n) is 1.06. The van der Waals surface area contributed by atoms with Gasteiger partial charge < -0.3 is 10.2 Å². The number of rotatable bonds is 4. The molecule has 1 heterocycles. The van der Waals surface area contributed by atoms with Gasteiger partial charge in [-0.25, -0.2) is 9.97 Å². The zero-order valence-electron chi connectivity index (χ0n) is 10.8. The van der Waals surface area contributed by atoms with Crippen molar-refractivity contribution in [2.24, 2.45) is 0 Å². The number of aromatic nitrogens is 2. The molecule has 0 aliphatic carbocycles. The largest absolute Gasteiger partial charge is 0.433 e. The van der Waals surface area contributed by atoms with Crippen LogP contribution in [0.25, 0.3) is 0 Å². The summed E-state index contributed by atoms with van der Waals surface area (Å²) in [5, 5.41) is 2.81. The highest BCUT2D eigenvalue weighted by molar-refractivity contribution is 5.26. The van der Waals surface area contributed by atoms with Crippen LogP contribution in [-0.4, -0.2) is 41.0 Å². The molecule has 0 saturated heterocycles. The van der Waals surface area contributed by atoms with Gasteiger partial charge >= 0.3 is 6.18 Å². The summed E-state index contributed by atoms with van der Waals surface area (Å²) in [5.74, 6) is -0.0141. The third-order valence-electron chi connectivity index (χ3n) is 2.84. The van der Waals surface area contributed by atoms with Gasteiger partial charge in [-0.15, -0.1) is 0 Å². The molecule has 0 aromatic carbocycles. The molecule has 0 fully saturated rings. The molecule has 1 rings (SSSR count). The molecular weight excluding hydrogens is 245 g/mol. The first-order chi connectivity index (χ1) is 8.13. The van der Waals surface area contributed by atoms with Gasteiger partial charge in [0, 0.05) is 18.3 Å². The first-order valence-corrected chi connectivity index (χ1v) is 5.44. The van der Waals surface area contributed by atoms with Crippen LogP contribution < -0.4 is 5.32 Å². The molecule has 0 unspecified atom stereocenters. The van der Waals surface area contributed by atoms with E-state index in [4.69, 9.17) is 0 Å². The van der Waals surface area contributed by atoms with E-state index in [1.54, 1.807) is 0 Å². The Hall–Kier alpha value is -1.37. The van der Waals surface area contributed by atoms with Crippen LogP contribution in [0.5, 0.6) is 0 Å². The maximum absolute atomic E-state index is 12.4. The monoisotopic (exact) mass is 262 g/mol. The number of nitrogens with zero attached hydrogens (tertiary/aromatic N) is 3. The molecule has 0 saturated carbocycles. The van der Waals surface area contributed by atoms with E-state index in [2.05, 4.69) is 15.3 Å². The number of nitrogens with one attached hydrogen (secondary N) is 1. The van der Waals surface area contributed by atoms with Crippen molar-refractivity contribution in [3.8, 4) is 0 Å². The third kappa shape index (κ3) is 3.83. The summed E-state index contributed by atoms with van der Waals surface area (Å²) in [4.78, 5) is 9.18. The number of hydrogen-bond acceptors (Lipinski definition) is 4. The topological polar surface area (TPSA) is 41.0 Å². The van der Waals surface area contributed by atoms with Crippen LogP contribution in [0, 0.1) is 0 Å². The van der Waals surface area contributed by atoms with Crippen LogP contribution in [0.4, 0.5) is 19.1 Å². The van der Waals surface area contributed by atoms with Crippen LogP contribution in [0.2, 0.25) is 0 Å². The second kappa shape index (κ2) is 5.09. The van der Waals surface area contributed by atoms with Crippen LogP contribution >= 0.6 is 0 Å². The second-order valence-electron chi connectivity index (χ2n) is 4.82. The lowest BCUT2D eigenvalue weighted by molar-refractivity contribution is -0.141.